The molecule has 9 nitrogen and oxygen atoms in total. The van der Waals surface area contributed by atoms with Gasteiger partial charge in [-0.3, -0.25) is 14.4 Å². The maximum absolute atomic E-state index is 13.2. The number of benzene rings is 3. The van der Waals surface area contributed by atoms with E-state index < -0.39 is 17.7 Å². The van der Waals surface area contributed by atoms with Gasteiger partial charge in [-0.2, -0.15) is 0 Å². The smallest absolute Gasteiger partial charge is 0.283 e. The number of phenols is 1. The van der Waals surface area contributed by atoms with E-state index in [1.807, 2.05) is 0 Å². The number of hydrogen-bond donors (Lipinski definition) is 3. The molecule has 3 aromatic carbocycles. The second-order valence-electron chi connectivity index (χ2n) is 7.35. The molecule has 4 rings (SSSR count). The summed E-state index contributed by atoms with van der Waals surface area (Å²) in [5.41, 5.74) is 0.871. The fourth-order valence-electron chi connectivity index (χ4n) is 3.46. The zero-order valence-electron chi connectivity index (χ0n) is 18.7. The molecule has 0 spiro atoms. The van der Waals surface area contributed by atoms with Crippen molar-refractivity contribution in [2.45, 2.75) is 0 Å². The third kappa shape index (κ3) is 4.62. The molecule has 1 aliphatic rings. The first-order valence-corrected chi connectivity index (χ1v) is 10.7. The third-order valence-corrected chi connectivity index (χ3v) is 5.55. The zero-order valence-corrected chi connectivity index (χ0v) is 19.4. The molecule has 3 amide bonds. The number of carbonyl (C=O) groups is 3. The molecule has 35 heavy (non-hydrogen) atoms. The van der Waals surface area contributed by atoms with Gasteiger partial charge < -0.3 is 25.2 Å². The predicted molar refractivity (Wildman–Crippen MR) is 131 cm³/mol. The number of amides is 3. The van der Waals surface area contributed by atoms with Crippen molar-refractivity contribution >= 4 is 46.4 Å². The summed E-state index contributed by atoms with van der Waals surface area (Å²) in [5.74, 6) is -1.29. The average Bonchev–Trinajstić information content (AvgIpc) is 3.08. The monoisotopic (exact) mass is 493 g/mol. The largest absolute Gasteiger partial charge is 0.506 e. The highest BCUT2D eigenvalue weighted by Gasteiger charge is 2.40. The lowest BCUT2D eigenvalue weighted by Crippen LogP contribution is -2.32. The van der Waals surface area contributed by atoms with Crippen LogP contribution in [0.3, 0.4) is 0 Å². The van der Waals surface area contributed by atoms with E-state index in [-0.39, 0.29) is 39.2 Å². The Labute approximate surface area is 205 Å². The van der Waals surface area contributed by atoms with Crippen molar-refractivity contribution in [3.05, 3.63) is 83.0 Å². The first-order chi connectivity index (χ1) is 16.8. The van der Waals surface area contributed by atoms with Gasteiger partial charge in [0.2, 0.25) is 0 Å². The number of aromatic hydroxyl groups is 1. The van der Waals surface area contributed by atoms with Crippen LogP contribution in [-0.2, 0) is 9.59 Å². The van der Waals surface area contributed by atoms with Crippen LogP contribution in [0.4, 0.5) is 17.1 Å². The van der Waals surface area contributed by atoms with Gasteiger partial charge in [0.15, 0.2) is 0 Å². The second-order valence-corrected chi connectivity index (χ2v) is 7.73. The molecule has 3 N–H and O–H groups in total. The van der Waals surface area contributed by atoms with Crippen LogP contribution in [0.2, 0.25) is 0 Å². The molecule has 1 aliphatic heterocycles. The number of para-hydroxylation sites is 2. The van der Waals surface area contributed by atoms with Gasteiger partial charge >= 0.3 is 0 Å². The summed E-state index contributed by atoms with van der Waals surface area (Å²) in [5, 5.41) is 15.0. The van der Waals surface area contributed by atoms with Crippen LogP contribution in [-0.4, -0.2) is 37.0 Å². The second kappa shape index (κ2) is 9.78. The van der Waals surface area contributed by atoms with E-state index in [0.29, 0.717) is 11.4 Å². The normalized spacial score (nSPS) is 13.2. The van der Waals surface area contributed by atoms with Crippen molar-refractivity contribution in [2.75, 3.05) is 29.8 Å². The number of nitrogens with zero attached hydrogens (tertiary/aromatic N) is 1. The van der Waals surface area contributed by atoms with Gasteiger partial charge in [0.1, 0.15) is 28.0 Å². The molecule has 178 valence electrons. The Bertz CT molecular complexity index is 1370. The van der Waals surface area contributed by atoms with Crippen molar-refractivity contribution in [3.8, 4) is 17.2 Å². The number of nitrogens with one attached hydrogen (secondary N) is 2. The highest BCUT2D eigenvalue weighted by atomic mass is 35.5. The number of hydrogen-bond acceptors (Lipinski definition) is 7. The van der Waals surface area contributed by atoms with Gasteiger partial charge in [-0.1, -0.05) is 29.8 Å². The fraction of sp³-hybridized carbons (Fsp3) is 0.0800. The lowest BCUT2D eigenvalue weighted by Gasteiger charge is -2.19. The minimum absolute atomic E-state index is 0.0739. The zero-order chi connectivity index (χ0) is 25.1. The number of carbonyl (C=O) groups excluding carboxylic acids is 3. The molecular weight excluding hydrogens is 474 g/mol. The van der Waals surface area contributed by atoms with Crippen molar-refractivity contribution in [1.29, 1.82) is 0 Å². The Kier molecular flexibility index (Phi) is 6.61. The van der Waals surface area contributed by atoms with Crippen molar-refractivity contribution < 1.29 is 29.0 Å². The Hall–Kier alpha value is -4.50. The minimum atomic E-state index is -0.737. The van der Waals surface area contributed by atoms with Gasteiger partial charge in [-0.25, -0.2) is 4.90 Å². The molecule has 0 saturated heterocycles. The Morgan fingerprint density at radius 2 is 1.71 bits per heavy atom. The molecule has 1 heterocycles. The topological polar surface area (TPSA) is 117 Å². The van der Waals surface area contributed by atoms with Crippen LogP contribution in [0.5, 0.6) is 17.2 Å². The molecule has 0 aliphatic carbocycles. The number of phenolic OH excluding ortho intramolecular Hbond substituents is 1. The first-order valence-electron chi connectivity index (χ1n) is 10.3. The molecule has 10 heteroatoms. The number of imide groups is 1. The van der Waals surface area contributed by atoms with Crippen LogP contribution in [0.25, 0.3) is 0 Å². The SMILES string of the molecule is COc1ccc(OC)c(N2C(=O)C(Cl)=C(Nc3cccc(C(=O)Nc4ccccc4O)c3)C2=O)c1. The summed E-state index contributed by atoms with van der Waals surface area (Å²) in [6.07, 6.45) is 0. The molecular formula is C25H20ClN3O6. The van der Waals surface area contributed by atoms with Gasteiger partial charge in [0, 0.05) is 17.3 Å². The van der Waals surface area contributed by atoms with E-state index in [0.717, 1.165) is 4.90 Å². The highest BCUT2D eigenvalue weighted by Crippen LogP contribution is 2.38. The van der Waals surface area contributed by atoms with Gasteiger partial charge in [0.05, 0.1) is 25.6 Å². The summed E-state index contributed by atoms with van der Waals surface area (Å²) in [7, 11) is 2.87. The lowest BCUT2D eigenvalue weighted by molar-refractivity contribution is -0.120. The minimum Gasteiger partial charge on any atom is -0.506 e. The summed E-state index contributed by atoms with van der Waals surface area (Å²) >= 11 is 6.24. The van der Waals surface area contributed by atoms with Crippen LogP contribution in [0, 0.1) is 0 Å². The van der Waals surface area contributed by atoms with Crippen LogP contribution < -0.4 is 25.0 Å². The van der Waals surface area contributed by atoms with Crippen LogP contribution in [0.15, 0.2) is 77.5 Å². The molecule has 3 aromatic rings. The number of anilines is 3. The van der Waals surface area contributed by atoms with Crippen molar-refractivity contribution in [2.24, 2.45) is 0 Å². The van der Waals surface area contributed by atoms with Crippen molar-refractivity contribution in [3.63, 3.8) is 0 Å². The Morgan fingerprint density at radius 1 is 0.943 bits per heavy atom. The van der Waals surface area contributed by atoms with E-state index in [2.05, 4.69) is 10.6 Å². The third-order valence-electron chi connectivity index (χ3n) is 5.20. The van der Waals surface area contributed by atoms with E-state index in [4.69, 9.17) is 21.1 Å². The predicted octanol–water partition coefficient (Wildman–Crippen LogP) is 4.10. The summed E-state index contributed by atoms with van der Waals surface area (Å²) in [6.45, 7) is 0. The molecule has 0 aromatic heterocycles. The average molecular weight is 494 g/mol. The molecule has 0 fully saturated rings. The van der Waals surface area contributed by atoms with Gasteiger partial charge in [0.25, 0.3) is 17.7 Å². The number of rotatable bonds is 7. The number of methoxy groups -OCH3 is 2. The Balaban J connectivity index is 1.58. The maximum Gasteiger partial charge on any atom is 0.283 e. The fourth-order valence-corrected chi connectivity index (χ4v) is 3.67. The number of halogens is 1. The van der Waals surface area contributed by atoms with Crippen molar-refractivity contribution in [1.82, 2.24) is 0 Å². The first kappa shape index (κ1) is 23.7. The van der Waals surface area contributed by atoms with Gasteiger partial charge in [-0.05, 0) is 42.5 Å². The van der Waals surface area contributed by atoms with Crippen LogP contribution >= 0.6 is 11.6 Å². The molecule has 0 bridgehead atoms. The molecule has 0 saturated carbocycles. The molecule has 0 radical (unpaired) electrons. The quantitative estimate of drug-likeness (QED) is 0.335. The van der Waals surface area contributed by atoms with E-state index in [1.54, 1.807) is 48.5 Å². The number of ether oxygens (including phenoxy) is 2. The van der Waals surface area contributed by atoms with E-state index in [9.17, 15) is 19.5 Å². The highest BCUT2D eigenvalue weighted by molar-refractivity contribution is 6.53. The summed E-state index contributed by atoms with van der Waals surface area (Å²) < 4.78 is 10.5. The van der Waals surface area contributed by atoms with Gasteiger partial charge in [-0.15, -0.1) is 0 Å². The Morgan fingerprint density at radius 3 is 2.43 bits per heavy atom. The standard InChI is InChI=1S/C25H20ClN3O6/c1-34-16-10-11-20(35-2)18(13-16)29-24(32)21(26)22(25(29)33)27-15-7-5-6-14(12-15)23(31)28-17-8-3-4-9-19(17)30/h3-13,27,30H,1-2H3,(H,28,31). The van der Waals surface area contributed by atoms with Crippen LogP contribution in [0.1, 0.15) is 10.4 Å². The summed E-state index contributed by atoms with van der Waals surface area (Å²) in [6, 6.07) is 17.3. The molecule has 0 atom stereocenters. The molecule has 0 unspecified atom stereocenters. The summed E-state index contributed by atoms with van der Waals surface area (Å²) in [4.78, 5) is 39.6. The van der Waals surface area contributed by atoms with E-state index in [1.165, 1.54) is 32.4 Å². The van der Waals surface area contributed by atoms with E-state index >= 15 is 0 Å². The maximum atomic E-state index is 13.2. The lowest BCUT2D eigenvalue weighted by atomic mass is 10.1.